The van der Waals surface area contributed by atoms with Gasteiger partial charge in [-0.1, -0.05) is 79.6 Å². The van der Waals surface area contributed by atoms with Crippen LogP contribution in [0.3, 0.4) is 0 Å². The van der Waals surface area contributed by atoms with Crippen molar-refractivity contribution in [2.45, 2.75) is 109 Å². The summed E-state index contributed by atoms with van der Waals surface area (Å²) in [6.07, 6.45) is 22.6. The number of fused-ring (bicyclic) bond motifs is 2. The van der Waals surface area contributed by atoms with Gasteiger partial charge in [-0.25, -0.2) is 4.98 Å². The van der Waals surface area contributed by atoms with Gasteiger partial charge < -0.3 is 31.3 Å². The number of aromatic hydroxyl groups is 1. The number of aliphatic hydroxyl groups excluding tert-OH is 1. The van der Waals surface area contributed by atoms with Crippen molar-refractivity contribution in [1.82, 2.24) is 15.6 Å². The number of nitrogens with zero attached hydrogens (tertiary/aromatic N) is 1. The number of piperidine rings is 1. The molecule has 1 saturated heterocycles. The summed E-state index contributed by atoms with van der Waals surface area (Å²) in [6, 6.07) is 25.0. The van der Waals surface area contributed by atoms with E-state index < -0.39 is 6.61 Å². The van der Waals surface area contributed by atoms with Crippen molar-refractivity contribution in [2.24, 2.45) is 29.1 Å². The molecule has 4 aromatic rings. The van der Waals surface area contributed by atoms with Crippen LogP contribution in [0.4, 0.5) is 5.82 Å². The Morgan fingerprint density at radius 2 is 1.71 bits per heavy atom. The van der Waals surface area contributed by atoms with Crippen molar-refractivity contribution in [3.05, 3.63) is 136 Å². The summed E-state index contributed by atoms with van der Waals surface area (Å²) in [5.41, 5.74) is 13.9. The van der Waals surface area contributed by atoms with Crippen LogP contribution in [-0.4, -0.2) is 66.2 Å². The number of nitrogen functional groups attached to an aromatic ring is 1. The Labute approximate surface area is 386 Å². The summed E-state index contributed by atoms with van der Waals surface area (Å²) in [4.78, 5) is 31.5. The molecule has 8 rings (SSSR count). The molecule has 2 aliphatic carbocycles. The van der Waals surface area contributed by atoms with E-state index in [9.17, 15) is 19.8 Å². The molecule has 2 aliphatic heterocycles. The molecule has 0 amide bonds. The molecule has 0 radical (unpaired) electrons. The maximum absolute atomic E-state index is 13.6. The number of rotatable bonds is 20. The summed E-state index contributed by atoms with van der Waals surface area (Å²) in [5.74, 6) is 2.97. The summed E-state index contributed by atoms with van der Waals surface area (Å²) in [5, 5.41) is 29.3. The second kappa shape index (κ2) is 21.9. The molecule has 9 nitrogen and oxygen atoms in total. The van der Waals surface area contributed by atoms with Crippen molar-refractivity contribution in [2.75, 3.05) is 39.1 Å². The Hall–Kier alpha value is -5.09. The minimum absolute atomic E-state index is 0.0481. The van der Waals surface area contributed by atoms with Crippen LogP contribution < -0.4 is 21.1 Å². The number of carbonyl (C=O) groups is 2. The number of phenolic OH excluding ortho intramolecular Hbond substituents is 1. The molecule has 3 heterocycles. The van der Waals surface area contributed by atoms with Crippen LogP contribution in [0.25, 0.3) is 5.57 Å². The van der Waals surface area contributed by atoms with Crippen LogP contribution in [0, 0.1) is 29.1 Å². The van der Waals surface area contributed by atoms with Crippen molar-refractivity contribution in [3.8, 4) is 11.5 Å². The lowest BCUT2D eigenvalue weighted by molar-refractivity contribution is -0.124. The molecule has 3 fully saturated rings. The fraction of sp³-hybridized carbons (Fsp3) is 0.482. The number of phenols is 1. The first-order valence-corrected chi connectivity index (χ1v) is 24.4. The van der Waals surface area contributed by atoms with E-state index in [1.54, 1.807) is 18.3 Å². The number of nitrogens with two attached hydrogens (primary N) is 1. The van der Waals surface area contributed by atoms with Crippen molar-refractivity contribution in [3.63, 3.8) is 0 Å². The highest BCUT2D eigenvalue weighted by Crippen LogP contribution is 2.53. The Balaban J connectivity index is 0.915. The first kappa shape index (κ1) is 46.4. The average molecular weight is 879 g/mol. The van der Waals surface area contributed by atoms with Crippen LogP contribution in [-0.2, 0) is 41.7 Å². The highest BCUT2D eigenvalue weighted by molar-refractivity contribution is 6.07. The summed E-state index contributed by atoms with van der Waals surface area (Å²) in [7, 11) is 1.47. The number of aryl methyl sites for hydroxylation is 4. The Kier molecular flexibility index (Phi) is 15.7. The summed E-state index contributed by atoms with van der Waals surface area (Å²) in [6.45, 7) is 2.78. The van der Waals surface area contributed by atoms with Crippen LogP contribution in [0.2, 0.25) is 0 Å². The van der Waals surface area contributed by atoms with E-state index in [0.29, 0.717) is 53.2 Å². The fourth-order valence-electron chi connectivity index (χ4n) is 12.2. The predicted molar refractivity (Wildman–Crippen MR) is 260 cm³/mol. The number of nitrogens with one attached hydrogen (secondary N) is 2. The lowest BCUT2D eigenvalue weighted by atomic mass is 9.57. The maximum Gasteiger partial charge on any atom is 0.163 e. The van der Waals surface area contributed by atoms with E-state index in [-0.39, 0.29) is 34.9 Å². The highest BCUT2D eigenvalue weighted by atomic mass is 16.5. The molecule has 9 heteroatoms. The van der Waals surface area contributed by atoms with E-state index in [1.807, 2.05) is 12.1 Å². The largest absolute Gasteiger partial charge is 0.504 e. The minimum atomic E-state index is -0.428. The third-order valence-electron chi connectivity index (χ3n) is 15.4. The van der Waals surface area contributed by atoms with Gasteiger partial charge in [-0.2, -0.15) is 0 Å². The molecule has 2 saturated carbocycles. The Bertz CT molecular complexity index is 2320. The number of benzene rings is 3. The monoisotopic (exact) mass is 879 g/mol. The normalized spacial score (nSPS) is 22.6. The third-order valence-corrected chi connectivity index (χ3v) is 15.4. The second-order valence-electron chi connectivity index (χ2n) is 19.7. The number of aromatic nitrogens is 1. The number of pyridine rings is 1. The van der Waals surface area contributed by atoms with Crippen molar-refractivity contribution >= 4 is 23.0 Å². The van der Waals surface area contributed by atoms with Crippen LogP contribution >= 0.6 is 0 Å². The van der Waals surface area contributed by atoms with Crippen molar-refractivity contribution in [1.29, 1.82) is 0 Å². The maximum atomic E-state index is 13.6. The van der Waals surface area contributed by atoms with Gasteiger partial charge >= 0.3 is 0 Å². The molecule has 0 spiro atoms. The first-order chi connectivity index (χ1) is 31.7. The molecule has 0 unspecified atom stereocenters. The number of hydrogen-bond acceptors (Lipinski definition) is 9. The number of anilines is 1. The van der Waals surface area contributed by atoms with Gasteiger partial charge in [-0.3, -0.25) is 9.59 Å². The molecule has 5 atom stereocenters. The van der Waals surface area contributed by atoms with E-state index >= 15 is 0 Å². The number of Topliss-reactive ketones (excluding diaryl/α,β-unsaturated/α-hetero) is 1. The lowest BCUT2D eigenvalue weighted by Gasteiger charge is -2.52. The number of hydrogen-bond donors (Lipinski definition) is 5. The molecule has 0 bridgehead atoms. The van der Waals surface area contributed by atoms with E-state index in [0.717, 1.165) is 81.1 Å². The number of ether oxygens (including phenoxy) is 1. The number of carbonyl (C=O) groups excluding carboxylic acids is 2. The molecule has 4 aliphatic rings. The molecule has 65 heavy (non-hydrogen) atoms. The summed E-state index contributed by atoms with van der Waals surface area (Å²) >= 11 is 0. The number of allylic oxidation sites excluding steroid dienone is 1. The van der Waals surface area contributed by atoms with Crippen LogP contribution in [0.15, 0.2) is 97.2 Å². The van der Waals surface area contributed by atoms with Gasteiger partial charge in [0, 0.05) is 25.2 Å². The molecule has 3 aromatic carbocycles. The van der Waals surface area contributed by atoms with Gasteiger partial charge in [0.1, 0.15) is 11.6 Å². The average Bonchev–Trinajstić information content (AvgIpc) is 3.79. The van der Waals surface area contributed by atoms with E-state index in [4.69, 9.17) is 10.5 Å². The quantitative estimate of drug-likeness (QED) is 0.0334. The van der Waals surface area contributed by atoms with Gasteiger partial charge in [-0.05, 0) is 188 Å². The van der Waals surface area contributed by atoms with Crippen molar-refractivity contribution < 1.29 is 24.5 Å². The lowest BCUT2D eigenvalue weighted by Crippen LogP contribution is -2.56. The van der Waals surface area contributed by atoms with Gasteiger partial charge in [0.05, 0.1) is 20.1 Å². The Morgan fingerprint density at radius 3 is 2.49 bits per heavy atom. The van der Waals surface area contributed by atoms with Gasteiger partial charge in [-0.15, -0.1) is 0 Å². The zero-order valence-corrected chi connectivity index (χ0v) is 38.4. The third kappa shape index (κ3) is 11.8. The van der Waals surface area contributed by atoms with Crippen LogP contribution in [0.1, 0.15) is 110 Å². The topological polar surface area (TPSA) is 147 Å². The SMILES string of the molecule is COc1cc(/C(=C/C(=O)CC(=O)CCCC2(C[C@H]3[C@H]4CCNC[C@@H]4C[C@@H]4C=CCN[C@H]34)CCCC2)CO)c(Cc2cnc(N)cc2CCc2cccc(CCc3ccccc3)c2)cc1O. The standard InChI is InChI=1S/C56H70N4O5/c1-65-53-33-50(43(30-52(53)64)28-44-36-60-54(57)31-41(44)19-18-40-13-7-12-39(26-40)17-16-38-10-3-2-4-11-38)46(37-61)29-48(63)32-47(62)15-8-23-56(21-5-6-22-56)34-51-49-20-25-58-35-45(49)27-42-14-9-24-59-55(42)51/h2-4,7,9-14,26,29-31,33,36,42,45,49,51,55,58-59,61,64H,5-6,8,15-25,27-28,32,34-35,37H2,1H3,(H2,57,60)/b46-29+/t42-,45-,49-,51-,55-/m0/s1. The summed E-state index contributed by atoms with van der Waals surface area (Å²) < 4.78 is 5.49. The van der Waals surface area contributed by atoms with Gasteiger partial charge in [0.25, 0.3) is 0 Å². The Morgan fingerprint density at radius 1 is 0.938 bits per heavy atom. The molecular formula is C56H70N4O5. The molecule has 344 valence electrons. The number of aliphatic hydroxyl groups is 1. The van der Waals surface area contributed by atoms with E-state index in [2.05, 4.69) is 76.3 Å². The molecule has 1 aromatic heterocycles. The minimum Gasteiger partial charge on any atom is -0.504 e. The van der Waals surface area contributed by atoms with Gasteiger partial charge in [0.15, 0.2) is 17.3 Å². The van der Waals surface area contributed by atoms with E-state index in [1.165, 1.54) is 74.8 Å². The zero-order chi connectivity index (χ0) is 45.2. The first-order valence-electron chi connectivity index (χ1n) is 24.4. The molecule has 6 N–H and O–H groups in total. The smallest absolute Gasteiger partial charge is 0.163 e. The van der Waals surface area contributed by atoms with Crippen LogP contribution in [0.5, 0.6) is 11.5 Å². The number of methoxy groups -OCH3 is 1. The highest BCUT2D eigenvalue weighted by Gasteiger charge is 2.48. The molecular weight excluding hydrogens is 809 g/mol. The second-order valence-corrected chi connectivity index (χ2v) is 19.7. The number of ketones is 2. The fourth-order valence-corrected chi connectivity index (χ4v) is 12.2. The predicted octanol–water partition coefficient (Wildman–Crippen LogP) is 8.95. The van der Waals surface area contributed by atoms with Gasteiger partial charge in [0.2, 0.25) is 0 Å². The zero-order valence-electron chi connectivity index (χ0n) is 38.4.